The number of fused-ring (bicyclic) bond motifs is 1. The molecule has 0 atom stereocenters. The number of hydrogen-bond donors (Lipinski definition) is 1. The molecule has 146 valence electrons. The third-order valence-corrected chi connectivity index (χ3v) is 4.78. The number of hydrogen-bond acceptors (Lipinski definition) is 8. The zero-order chi connectivity index (χ0) is 20.5. The van der Waals surface area contributed by atoms with E-state index in [1.54, 1.807) is 35.2 Å². The van der Waals surface area contributed by atoms with Crippen LogP contribution in [0, 0.1) is 6.92 Å². The van der Waals surface area contributed by atoms with Gasteiger partial charge < -0.3 is 5.32 Å². The fraction of sp³-hybridized carbons (Fsp3) is 0.0500. The first kappa shape index (κ1) is 18.1. The first-order valence-corrected chi connectivity index (χ1v) is 9.42. The molecule has 0 amide bonds. The van der Waals surface area contributed by atoms with Gasteiger partial charge in [0.15, 0.2) is 5.82 Å². The van der Waals surface area contributed by atoms with E-state index in [9.17, 15) is 0 Å². The molecule has 4 aromatic heterocycles. The van der Waals surface area contributed by atoms with E-state index >= 15 is 0 Å². The molecule has 0 aliphatic rings. The maximum Gasteiger partial charge on any atom is 0.272 e. The number of aryl methyl sites for hydroxylation is 1. The van der Waals surface area contributed by atoms with Crippen molar-refractivity contribution >= 4 is 29.0 Å². The lowest BCUT2D eigenvalue weighted by Crippen LogP contribution is -2.05. The second-order valence-corrected chi connectivity index (χ2v) is 6.79. The molecule has 0 unspecified atom stereocenters. The molecule has 0 fully saturated rings. The predicted molar refractivity (Wildman–Crippen MR) is 112 cm³/mol. The van der Waals surface area contributed by atoms with Gasteiger partial charge in [0.2, 0.25) is 5.95 Å². The summed E-state index contributed by atoms with van der Waals surface area (Å²) in [5.74, 6) is 1.36. The Hall–Kier alpha value is -3.98. The summed E-state index contributed by atoms with van der Waals surface area (Å²) in [6, 6.07) is 12.8. The van der Waals surface area contributed by atoms with E-state index < -0.39 is 0 Å². The SMILES string of the molecule is Cc1c(-c2ccnc(Nc3ccccc3Cl)n2)nnc2nc(-c3ccncc3)nn12. The van der Waals surface area contributed by atoms with E-state index in [1.165, 1.54) is 0 Å². The second kappa shape index (κ2) is 7.45. The smallest absolute Gasteiger partial charge is 0.272 e. The third kappa shape index (κ3) is 3.31. The molecule has 0 saturated heterocycles. The molecule has 1 N–H and O–H groups in total. The molecule has 4 heterocycles. The molecule has 0 spiro atoms. The van der Waals surface area contributed by atoms with Crippen LogP contribution in [0.3, 0.4) is 0 Å². The first-order valence-electron chi connectivity index (χ1n) is 9.04. The highest BCUT2D eigenvalue weighted by molar-refractivity contribution is 6.33. The highest BCUT2D eigenvalue weighted by Gasteiger charge is 2.15. The van der Waals surface area contributed by atoms with Crippen LogP contribution in [0.5, 0.6) is 0 Å². The van der Waals surface area contributed by atoms with Crippen molar-refractivity contribution in [3.63, 3.8) is 0 Å². The zero-order valence-corrected chi connectivity index (χ0v) is 16.5. The largest absolute Gasteiger partial charge is 0.323 e. The number of para-hydroxylation sites is 1. The fourth-order valence-corrected chi connectivity index (χ4v) is 3.14. The highest BCUT2D eigenvalue weighted by Crippen LogP contribution is 2.25. The fourth-order valence-electron chi connectivity index (χ4n) is 2.95. The monoisotopic (exact) mass is 415 g/mol. The Morgan fingerprint density at radius 2 is 1.77 bits per heavy atom. The van der Waals surface area contributed by atoms with Gasteiger partial charge in [-0.3, -0.25) is 4.98 Å². The molecule has 0 bridgehead atoms. The van der Waals surface area contributed by atoms with Gasteiger partial charge in [0.1, 0.15) is 5.69 Å². The predicted octanol–water partition coefficient (Wildman–Crippen LogP) is 3.74. The molecule has 1 aromatic carbocycles. The van der Waals surface area contributed by atoms with Gasteiger partial charge in [-0.1, -0.05) is 23.7 Å². The molecule has 5 aromatic rings. The molecule has 10 heteroatoms. The second-order valence-electron chi connectivity index (χ2n) is 6.39. The van der Waals surface area contributed by atoms with E-state index in [2.05, 4.69) is 40.5 Å². The Labute approximate surface area is 175 Å². The number of rotatable bonds is 4. The Bertz CT molecular complexity index is 1350. The van der Waals surface area contributed by atoms with E-state index in [1.807, 2.05) is 37.3 Å². The number of nitrogens with one attached hydrogen (secondary N) is 1. The van der Waals surface area contributed by atoms with Crippen molar-refractivity contribution in [1.29, 1.82) is 0 Å². The number of aromatic nitrogens is 8. The van der Waals surface area contributed by atoms with Crippen molar-refractivity contribution in [3.8, 4) is 22.8 Å². The summed E-state index contributed by atoms with van der Waals surface area (Å²) in [5, 5.41) is 16.8. The van der Waals surface area contributed by atoms with E-state index in [4.69, 9.17) is 11.6 Å². The van der Waals surface area contributed by atoms with Gasteiger partial charge in [-0.25, -0.2) is 9.97 Å². The van der Waals surface area contributed by atoms with Gasteiger partial charge in [0, 0.05) is 24.2 Å². The zero-order valence-electron chi connectivity index (χ0n) is 15.7. The minimum Gasteiger partial charge on any atom is -0.323 e. The molecule has 30 heavy (non-hydrogen) atoms. The van der Waals surface area contributed by atoms with Gasteiger partial charge >= 0.3 is 0 Å². The summed E-state index contributed by atoms with van der Waals surface area (Å²) >= 11 is 6.21. The van der Waals surface area contributed by atoms with E-state index in [-0.39, 0.29) is 0 Å². The standard InChI is InChI=1S/C20H14ClN9/c1-12-17(16-8-11-23-19(25-16)24-15-5-3-2-4-14(15)21)27-28-20-26-18(29-30(12)20)13-6-9-22-10-7-13/h2-11H,1H3,(H,23,24,25). The average molecular weight is 416 g/mol. The van der Waals surface area contributed by atoms with Crippen molar-refractivity contribution in [2.75, 3.05) is 5.32 Å². The summed E-state index contributed by atoms with van der Waals surface area (Å²) in [5.41, 5.74) is 3.51. The van der Waals surface area contributed by atoms with Crippen LogP contribution >= 0.6 is 11.6 Å². The Kier molecular flexibility index (Phi) is 4.49. The number of benzene rings is 1. The maximum atomic E-state index is 6.21. The highest BCUT2D eigenvalue weighted by atomic mass is 35.5. The topological polar surface area (TPSA) is 107 Å². The maximum absolute atomic E-state index is 6.21. The van der Waals surface area contributed by atoms with Crippen LogP contribution in [0.15, 0.2) is 61.1 Å². The van der Waals surface area contributed by atoms with E-state index in [0.717, 1.165) is 11.3 Å². The van der Waals surface area contributed by atoms with Crippen LogP contribution in [0.25, 0.3) is 28.6 Å². The van der Waals surface area contributed by atoms with Gasteiger partial charge in [0.25, 0.3) is 5.78 Å². The minimum atomic E-state index is 0.401. The molecular formula is C20H14ClN9. The summed E-state index contributed by atoms with van der Waals surface area (Å²) in [7, 11) is 0. The minimum absolute atomic E-state index is 0.401. The number of pyridine rings is 1. The third-order valence-electron chi connectivity index (χ3n) is 4.45. The van der Waals surface area contributed by atoms with Crippen molar-refractivity contribution in [2.45, 2.75) is 6.92 Å². The first-order chi connectivity index (χ1) is 14.7. The summed E-state index contributed by atoms with van der Waals surface area (Å²) in [4.78, 5) is 17.3. The Balaban J connectivity index is 1.53. The quantitative estimate of drug-likeness (QED) is 0.473. The van der Waals surface area contributed by atoms with Crippen LogP contribution in [-0.4, -0.2) is 39.7 Å². The molecular weight excluding hydrogens is 402 g/mol. The summed E-state index contributed by atoms with van der Waals surface area (Å²) in [6.45, 7) is 1.89. The van der Waals surface area contributed by atoms with Crippen molar-refractivity contribution in [3.05, 3.63) is 71.8 Å². The Morgan fingerprint density at radius 3 is 2.60 bits per heavy atom. The van der Waals surface area contributed by atoms with E-state index in [0.29, 0.717) is 39.6 Å². The van der Waals surface area contributed by atoms with Gasteiger partial charge in [-0.2, -0.15) is 9.50 Å². The summed E-state index contributed by atoms with van der Waals surface area (Å²) < 4.78 is 1.65. The molecule has 9 nitrogen and oxygen atoms in total. The average Bonchev–Trinajstić information content (AvgIpc) is 3.22. The Morgan fingerprint density at radius 1 is 0.933 bits per heavy atom. The van der Waals surface area contributed by atoms with Crippen LogP contribution in [0.2, 0.25) is 5.02 Å². The van der Waals surface area contributed by atoms with Crippen LogP contribution in [-0.2, 0) is 0 Å². The van der Waals surface area contributed by atoms with Gasteiger partial charge in [-0.15, -0.1) is 15.3 Å². The van der Waals surface area contributed by atoms with Gasteiger partial charge in [0.05, 0.1) is 22.1 Å². The molecule has 0 aliphatic heterocycles. The van der Waals surface area contributed by atoms with Crippen molar-refractivity contribution < 1.29 is 0 Å². The molecule has 0 saturated carbocycles. The lowest BCUT2D eigenvalue weighted by atomic mass is 10.2. The van der Waals surface area contributed by atoms with Crippen molar-refractivity contribution in [2.24, 2.45) is 0 Å². The van der Waals surface area contributed by atoms with Crippen LogP contribution in [0.1, 0.15) is 5.69 Å². The molecule has 0 radical (unpaired) electrons. The molecule has 5 rings (SSSR count). The number of halogens is 1. The lowest BCUT2D eigenvalue weighted by molar-refractivity contribution is 0.851. The van der Waals surface area contributed by atoms with Crippen molar-refractivity contribution in [1.82, 2.24) is 39.7 Å². The van der Waals surface area contributed by atoms with Crippen LogP contribution in [0.4, 0.5) is 11.6 Å². The lowest BCUT2D eigenvalue weighted by Gasteiger charge is -2.08. The number of anilines is 2. The summed E-state index contributed by atoms with van der Waals surface area (Å²) in [6.07, 6.45) is 5.04. The number of nitrogens with zero attached hydrogens (tertiary/aromatic N) is 8. The molecule has 0 aliphatic carbocycles. The normalized spacial score (nSPS) is 11.0. The van der Waals surface area contributed by atoms with Gasteiger partial charge in [-0.05, 0) is 37.3 Å². The van der Waals surface area contributed by atoms with Crippen LogP contribution < -0.4 is 5.32 Å².